The van der Waals surface area contributed by atoms with Crippen molar-refractivity contribution in [2.45, 2.75) is 33.6 Å². The molecule has 0 aromatic heterocycles. The number of hydrogen-bond donors (Lipinski definition) is 0. The van der Waals surface area contributed by atoms with Gasteiger partial charge in [-0.1, -0.05) is 20.8 Å². The van der Waals surface area contributed by atoms with Crippen molar-refractivity contribution in [1.82, 2.24) is 0 Å². The molecular formula is C16H24O4. The van der Waals surface area contributed by atoms with Crippen LogP contribution >= 0.6 is 0 Å². The Hall–Kier alpha value is -1.71. The Kier molecular flexibility index (Phi) is 5.43. The zero-order valence-corrected chi connectivity index (χ0v) is 13.2. The van der Waals surface area contributed by atoms with E-state index in [0.29, 0.717) is 29.2 Å². The summed E-state index contributed by atoms with van der Waals surface area (Å²) in [6.45, 7) is 6.35. The Bertz CT molecular complexity index is 472. The van der Waals surface area contributed by atoms with Gasteiger partial charge >= 0.3 is 0 Å². The van der Waals surface area contributed by atoms with Crippen molar-refractivity contribution in [3.05, 3.63) is 17.7 Å². The predicted molar refractivity (Wildman–Crippen MR) is 79.1 cm³/mol. The second-order valence-corrected chi connectivity index (χ2v) is 5.89. The number of carbonyl (C=O) groups excluding carboxylic acids is 1. The average molecular weight is 280 g/mol. The van der Waals surface area contributed by atoms with Crippen LogP contribution in [-0.4, -0.2) is 27.1 Å². The molecule has 0 saturated heterocycles. The Morgan fingerprint density at radius 1 is 0.950 bits per heavy atom. The molecule has 20 heavy (non-hydrogen) atoms. The molecule has 0 spiro atoms. The summed E-state index contributed by atoms with van der Waals surface area (Å²) in [7, 11) is 4.65. The molecule has 0 amide bonds. The zero-order valence-electron chi connectivity index (χ0n) is 13.2. The van der Waals surface area contributed by atoms with E-state index in [2.05, 4.69) is 20.8 Å². The van der Waals surface area contributed by atoms with Crippen molar-refractivity contribution in [1.29, 1.82) is 0 Å². The normalized spacial score (nSPS) is 11.1. The molecule has 4 heteroatoms. The molecule has 0 saturated carbocycles. The molecule has 0 aliphatic rings. The Morgan fingerprint density at radius 3 is 1.90 bits per heavy atom. The molecule has 0 heterocycles. The fraction of sp³-hybridized carbons (Fsp3) is 0.562. The van der Waals surface area contributed by atoms with E-state index in [9.17, 15) is 4.79 Å². The molecule has 0 bridgehead atoms. The fourth-order valence-electron chi connectivity index (χ4n) is 1.87. The van der Waals surface area contributed by atoms with Gasteiger partial charge in [0.05, 0.1) is 26.9 Å². The molecule has 4 nitrogen and oxygen atoms in total. The summed E-state index contributed by atoms with van der Waals surface area (Å²) in [5, 5.41) is 0. The number of ether oxygens (including phenoxy) is 3. The summed E-state index contributed by atoms with van der Waals surface area (Å²) in [5.74, 6) is 1.66. The maximum absolute atomic E-state index is 12.4. The maximum atomic E-state index is 12.4. The van der Waals surface area contributed by atoms with Gasteiger partial charge in [0.15, 0.2) is 17.3 Å². The number of rotatable bonds is 6. The minimum absolute atomic E-state index is 0.0535. The number of ketones is 1. The molecule has 112 valence electrons. The summed E-state index contributed by atoms with van der Waals surface area (Å²) in [5.41, 5.74) is 0.661. The first-order chi connectivity index (χ1) is 9.32. The predicted octanol–water partition coefficient (Wildman–Crippen LogP) is 3.72. The van der Waals surface area contributed by atoms with E-state index in [1.54, 1.807) is 33.5 Å². The first kappa shape index (κ1) is 16.3. The summed E-state index contributed by atoms with van der Waals surface area (Å²) in [6, 6.07) is 3.37. The van der Waals surface area contributed by atoms with Crippen LogP contribution in [0.2, 0.25) is 0 Å². The topological polar surface area (TPSA) is 44.8 Å². The summed E-state index contributed by atoms with van der Waals surface area (Å²) >= 11 is 0. The van der Waals surface area contributed by atoms with Gasteiger partial charge in [-0.25, -0.2) is 0 Å². The molecular weight excluding hydrogens is 256 g/mol. The maximum Gasteiger partial charge on any atom is 0.166 e. The van der Waals surface area contributed by atoms with Crippen molar-refractivity contribution < 1.29 is 19.0 Å². The van der Waals surface area contributed by atoms with Gasteiger partial charge < -0.3 is 14.2 Å². The lowest BCUT2D eigenvalue weighted by Gasteiger charge is -2.18. The van der Waals surface area contributed by atoms with Crippen LogP contribution in [0.25, 0.3) is 0 Å². The Morgan fingerprint density at radius 2 is 1.45 bits per heavy atom. The van der Waals surface area contributed by atoms with Crippen LogP contribution < -0.4 is 14.2 Å². The highest BCUT2D eigenvalue weighted by atomic mass is 16.5. The van der Waals surface area contributed by atoms with Gasteiger partial charge in [-0.3, -0.25) is 4.79 Å². The van der Waals surface area contributed by atoms with E-state index in [1.165, 1.54) is 0 Å². The van der Waals surface area contributed by atoms with Crippen LogP contribution in [0.5, 0.6) is 17.2 Å². The van der Waals surface area contributed by atoms with Crippen molar-refractivity contribution in [3.63, 3.8) is 0 Å². The SMILES string of the molecule is COc1cc(OC)c(C(=O)CCC(C)(C)C)cc1OC. The fourth-order valence-corrected chi connectivity index (χ4v) is 1.87. The van der Waals surface area contributed by atoms with Crippen molar-refractivity contribution in [2.24, 2.45) is 5.41 Å². The summed E-state index contributed by atoms with van der Waals surface area (Å²) < 4.78 is 15.7. The zero-order chi connectivity index (χ0) is 15.3. The van der Waals surface area contributed by atoms with Gasteiger partial charge in [0.25, 0.3) is 0 Å². The molecule has 1 rings (SSSR count). The molecule has 0 atom stereocenters. The number of Topliss-reactive ketones (excluding diaryl/α,β-unsaturated/α-hetero) is 1. The monoisotopic (exact) mass is 280 g/mol. The van der Waals surface area contributed by atoms with Crippen LogP contribution in [-0.2, 0) is 0 Å². The molecule has 0 N–H and O–H groups in total. The second-order valence-electron chi connectivity index (χ2n) is 5.89. The van der Waals surface area contributed by atoms with Crippen molar-refractivity contribution >= 4 is 5.78 Å². The third-order valence-corrected chi connectivity index (χ3v) is 3.11. The van der Waals surface area contributed by atoms with E-state index in [0.717, 1.165) is 6.42 Å². The van der Waals surface area contributed by atoms with E-state index >= 15 is 0 Å². The number of carbonyl (C=O) groups is 1. The number of methoxy groups -OCH3 is 3. The lowest BCUT2D eigenvalue weighted by Crippen LogP contribution is -2.10. The van der Waals surface area contributed by atoms with Crippen LogP contribution in [0, 0.1) is 5.41 Å². The van der Waals surface area contributed by atoms with Gasteiger partial charge in [0.1, 0.15) is 5.75 Å². The van der Waals surface area contributed by atoms with Crippen molar-refractivity contribution in [2.75, 3.05) is 21.3 Å². The van der Waals surface area contributed by atoms with Crippen molar-refractivity contribution in [3.8, 4) is 17.2 Å². The average Bonchev–Trinajstić information content (AvgIpc) is 2.42. The van der Waals surface area contributed by atoms with E-state index in [1.807, 2.05) is 0 Å². The highest BCUT2D eigenvalue weighted by Crippen LogP contribution is 2.35. The molecule has 0 aliphatic carbocycles. The van der Waals surface area contributed by atoms with E-state index in [4.69, 9.17) is 14.2 Å². The Labute approximate surface area is 121 Å². The smallest absolute Gasteiger partial charge is 0.166 e. The molecule has 0 aliphatic heterocycles. The molecule has 1 aromatic carbocycles. The Balaban J connectivity index is 3.06. The highest BCUT2D eigenvalue weighted by molar-refractivity contribution is 5.99. The number of benzene rings is 1. The quantitative estimate of drug-likeness (QED) is 0.745. The third kappa shape index (κ3) is 4.15. The molecule has 0 unspecified atom stereocenters. The van der Waals surface area contributed by atoms with Gasteiger partial charge in [-0.15, -0.1) is 0 Å². The summed E-state index contributed by atoms with van der Waals surface area (Å²) in [4.78, 5) is 12.4. The van der Waals surface area contributed by atoms with E-state index in [-0.39, 0.29) is 11.2 Å². The second kappa shape index (κ2) is 6.64. The molecule has 1 aromatic rings. The van der Waals surface area contributed by atoms with E-state index < -0.39 is 0 Å². The van der Waals surface area contributed by atoms with Crippen LogP contribution in [0.4, 0.5) is 0 Å². The largest absolute Gasteiger partial charge is 0.496 e. The number of hydrogen-bond acceptors (Lipinski definition) is 4. The molecule has 0 fully saturated rings. The van der Waals surface area contributed by atoms with Crippen LogP contribution in [0.1, 0.15) is 44.0 Å². The highest BCUT2D eigenvalue weighted by Gasteiger charge is 2.19. The standard InChI is InChI=1S/C16H24O4/c1-16(2,3)8-7-12(17)11-9-14(19-5)15(20-6)10-13(11)18-4/h9-10H,7-8H2,1-6H3. The minimum atomic E-state index is 0.0535. The third-order valence-electron chi connectivity index (χ3n) is 3.11. The molecule has 0 radical (unpaired) electrons. The van der Waals surface area contributed by atoms with Gasteiger partial charge in [0, 0.05) is 12.5 Å². The first-order valence-corrected chi connectivity index (χ1v) is 6.65. The van der Waals surface area contributed by atoms with Crippen LogP contribution in [0.3, 0.4) is 0 Å². The minimum Gasteiger partial charge on any atom is -0.496 e. The lowest BCUT2D eigenvalue weighted by molar-refractivity contribution is 0.0962. The van der Waals surface area contributed by atoms with Crippen LogP contribution in [0.15, 0.2) is 12.1 Å². The summed E-state index contributed by atoms with van der Waals surface area (Å²) in [6.07, 6.45) is 1.30. The first-order valence-electron chi connectivity index (χ1n) is 6.65. The van der Waals surface area contributed by atoms with Gasteiger partial charge in [0.2, 0.25) is 0 Å². The lowest BCUT2D eigenvalue weighted by atomic mass is 9.88. The van der Waals surface area contributed by atoms with Gasteiger partial charge in [-0.2, -0.15) is 0 Å². The van der Waals surface area contributed by atoms with Gasteiger partial charge in [-0.05, 0) is 17.9 Å².